The van der Waals surface area contributed by atoms with Gasteiger partial charge >= 0.3 is 0 Å². The number of nitrogens with one attached hydrogen (secondary N) is 1. The number of ether oxygens (including phenoxy) is 1. The summed E-state index contributed by atoms with van der Waals surface area (Å²) < 4.78 is 32.4. The molecule has 150 valence electrons. The van der Waals surface area contributed by atoms with Gasteiger partial charge in [-0.3, -0.25) is 4.79 Å². The highest BCUT2D eigenvalue weighted by molar-refractivity contribution is 7.89. The zero-order valence-electron chi connectivity index (χ0n) is 16.2. The molecular weight excluding hydrogens is 376 g/mol. The van der Waals surface area contributed by atoms with E-state index in [2.05, 4.69) is 5.32 Å². The van der Waals surface area contributed by atoms with Crippen molar-refractivity contribution in [2.24, 2.45) is 0 Å². The third-order valence-corrected chi connectivity index (χ3v) is 6.80. The standard InChI is InChI=1S/C21H26N2O4S/c1-16-8-9-20(17(2)14-16)27-15-21(24)22-18-10-12-23(13-11-18)28(25,26)19-6-4-3-5-7-19/h3-9,14,18H,10-13,15H2,1-2H3,(H,22,24). The molecule has 0 aromatic heterocycles. The predicted molar refractivity (Wildman–Crippen MR) is 108 cm³/mol. The quantitative estimate of drug-likeness (QED) is 0.806. The topological polar surface area (TPSA) is 75.7 Å². The highest BCUT2D eigenvalue weighted by Gasteiger charge is 2.29. The van der Waals surface area contributed by atoms with Gasteiger partial charge < -0.3 is 10.1 Å². The van der Waals surface area contributed by atoms with Gasteiger partial charge in [0.15, 0.2) is 6.61 Å². The molecule has 1 N–H and O–H groups in total. The lowest BCUT2D eigenvalue weighted by Crippen LogP contribution is -2.47. The van der Waals surface area contributed by atoms with Gasteiger partial charge in [-0.05, 0) is 50.5 Å². The van der Waals surface area contributed by atoms with Gasteiger partial charge in [-0.1, -0.05) is 35.9 Å². The number of hydrogen-bond donors (Lipinski definition) is 1. The van der Waals surface area contributed by atoms with Crippen molar-refractivity contribution in [3.63, 3.8) is 0 Å². The maximum Gasteiger partial charge on any atom is 0.258 e. The molecule has 3 rings (SSSR count). The second-order valence-electron chi connectivity index (χ2n) is 7.12. The lowest BCUT2D eigenvalue weighted by Gasteiger charge is -2.31. The molecule has 1 amide bonds. The summed E-state index contributed by atoms with van der Waals surface area (Å²) in [6, 6.07) is 14.2. The Morgan fingerprint density at radius 3 is 2.43 bits per heavy atom. The number of piperidine rings is 1. The van der Waals surface area contributed by atoms with Gasteiger partial charge in [0.25, 0.3) is 5.91 Å². The maximum atomic E-state index is 12.6. The van der Waals surface area contributed by atoms with Gasteiger partial charge in [-0.15, -0.1) is 0 Å². The Morgan fingerprint density at radius 2 is 1.79 bits per heavy atom. The second kappa shape index (κ2) is 8.75. The number of hydrogen-bond acceptors (Lipinski definition) is 4. The molecule has 28 heavy (non-hydrogen) atoms. The fourth-order valence-corrected chi connectivity index (χ4v) is 4.85. The monoisotopic (exact) mass is 402 g/mol. The first-order valence-corrected chi connectivity index (χ1v) is 10.8. The van der Waals surface area contributed by atoms with Gasteiger partial charge in [0.2, 0.25) is 10.0 Å². The van der Waals surface area contributed by atoms with E-state index in [0.29, 0.717) is 36.6 Å². The minimum Gasteiger partial charge on any atom is -0.484 e. The van der Waals surface area contributed by atoms with E-state index in [1.54, 1.807) is 30.3 Å². The molecule has 1 saturated heterocycles. The average Bonchev–Trinajstić information content (AvgIpc) is 2.68. The molecule has 0 bridgehead atoms. The van der Waals surface area contributed by atoms with Crippen LogP contribution in [0.25, 0.3) is 0 Å². The third kappa shape index (κ3) is 4.91. The average molecular weight is 403 g/mol. The molecular formula is C21H26N2O4S. The van der Waals surface area contributed by atoms with Crippen LogP contribution in [0.4, 0.5) is 0 Å². The predicted octanol–water partition coefficient (Wildman–Crippen LogP) is 2.65. The van der Waals surface area contributed by atoms with Gasteiger partial charge in [-0.25, -0.2) is 8.42 Å². The van der Waals surface area contributed by atoms with Gasteiger partial charge in [0.1, 0.15) is 5.75 Å². The van der Waals surface area contributed by atoms with E-state index in [-0.39, 0.29) is 18.6 Å². The van der Waals surface area contributed by atoms with Crippen molar-refractivity contribution < 1.29 is 17.9 Å². The van der Waals surface area contributed by atoms with E-state index in [9.17, 15) is 13.2 Å². The van der Waals surface area contributed by atoms with Crippen LogP contribution in [0.2, 0.25) is 0 Å². The van der Waals surface area contributed by atoms with Crippen LogP contribution in [0.3, 0.4) is 0 Å². The first-order chi connectivity index (χ1) is 13.4. The molecule has 1 fully saturated rings. The molecule has 0 saturated carbocycles. The molecule has 1 aliphatic heterocycles. The van der Waals surface area contributed by atoms with E-state index in [0.717, 1.165) is 11.1 Å². The van der Waals surface area contributed by atoms with Crippen molar-refractivity contribution in [1.82, 2.24) is 9.62 Å². The van der Waals surface area contributed by atoms with Crippen LogP contribution in [0.15, 0.2) is 53.4 Å². The normalized spacial score (nSPS) is 15.9. The summed E-state index contributed by atoms with van der Waals surface area (Å²) in [5, 5.41) is 2.95. The van der Waals surface area contributed by atoms with Crippen LogP contribution in [-0.4, -0.2) is 44.4 Å². The Kier molecular flexibility index (Phi) is 6.36. The summed E-state index contributed by atoms with van der Waals surface area (Å²) in [5.41, 5.74) is 2.14. The molecule has 7 heteroatoms. The third-order valence-electron chi connectivity index (χ3n) is 4.89. The van der Waals surface area contributed by atoms with Crippen molar-refractivity contribution in [1.29, 1.82) is 0 Å². The van der Waals surface area contributed by atoms with Crippen molar-refractivity contribution in [3.05, 3.63) is 59.7 Å². The van der Waals surface area contributed by atoms with Crippen LogP contribution in [0.5, 0.6) is 5.75 Å². The largest absolute Gasteiger partial charge is 0.484 e. The number of aryl methyl sites for hydroxylation is 2. The van der Waals surface area contributed by atoms with Crippen molar-refractivity contribution in [3.8, 4) is 5.75 Å². The van der Waals surface area contributed by atoms with Crippen molar-refractivity contribution in [2.75, 3.05) is 19.7 Å². The molecule has 0 radical (unpaired) electrons. The van der Waals surface area contributed by atoms with Gasteiger partial charge in [0, 0.05) is 19.1 Å². The summed E-state index contributed by atoms with van der Waals surface area (Å²) in [4.78, 5) is 12.5. The lowest BCUT2D eigenvalue weighted by atomic mass is 10.1. The number of amides is 1. The van der Waals surface area contributed by atoms with Crippen LogP contribution in [0.1, 0.15) is 24.0 Å². The van der Waals surface area contributed by atoms with E-state index >= 15 is 0 Å². The molecule has 6 nitrogen and oxygen atoms in total. The summed E-state index contributed by atoms with van der Waals surface area (Å²) in [6.07, 6.45) is 1.17. The van der Waals surface area contributed by atoms with Crippen molar-refractivity contribution >= 4 is 15.9 Å². The minimum atomic E-state index is -3.47. The van der Waals surface area contributed by atoms with E-state index in [1.165, 1.54) is 4.31 Å². The summed E-state index contributed by atoms with van der Waals surface area (Å²) in [5.74, 6) is 0.508. The Bertz CT molecular complexity index is 921. The number of nitrogens with zero attached hydrogens (tertiary/aromatic N) is 1. The van der Waals surface area contributed by atoms with E-state index in [4.69, 9.17) is 4.74 Å². The summed E-state index contributed by atoms with van der Waals surface area (Å²) in [6.45, 7) is 4.68. The van der Waals surface area contributed by atoms with Crippen LogP contribution in [0, 0.1) is 13.8 Å². The summed E-state index contributed by atoms with van der Waals surface area (Å²) >= 11 is 0. The zero-order chi connectivity index (χ0) is 20.1. The fourth-order valence-electron chi connectivity index (χ4n) is 3.36. The molecule has 1 aliphatic rings. The van der Waals surface area contributed by atoms with E-state index < -0.39 is 10.0 Å². The highest BCUT2D eigenvalue weighted by atomic mass is 32.2. The maximum absolute atomic E-state index is 12.6. The number of carbonyl (C=O) groups excluding carboxylic acids is 1. The Hall–Kier alpha value is -2.38. The first-order valence-electron chi connectivity index (χ1n) is 9.41. The molecule has 0 spiro atoms. The Balaban J connectivity index is 1.48. The van der Waals surface area contributed by atoms with Gasteiger partial charge in [-0.2, -0.15) is 4.31 Å². The van der Waals surface area contributed by atoms with Crippen LogP contribution < -0.4 is 10.1 Å². The lowest BCUT2D eigenvalue weighted by molar-refractivity contribution is -0.124. The molecule has 0 unspecified atom stereocenters. The molecule has 0 aliphatic carbocycles. The smallest absolute Gasteiger partial charge is 0.258 e. The molecule has 0 atom stereocenters. The Morgan fingerprint density at radius 1 is 1.11 bits per heavy atom. The fraction of sp³-hybridized carbons (Fsp3) is 0.381. The SMILES string of the molecule is Cc1ccc(OCC(=O)NC2CCN(S(=O)(=O)c3ccccc3)CC2)c(C)c1. The second-order valence-corrected chi connectivity index (χ2v) is 9.05. The zero-order valence-corrected chi connectivity index (χ0v) is 17.0. The van der Waals surface area contributed by atoms with Crippen LogP contribution in [-0.2, 0) is 14.8 Å². The van der Waals surface area contributed by atoms with Gasteiger partial charge in [0.05, 0.1) is 4.90 Å². The molecule has 2 aromatic rings. The first kappa shape index (κ1) is 20.4. The number of sulfonamides is 1. The van der Waals surface area contributed by atoms with E-state index in [1.807, 2.05) is 32.0 Å². The summed E-state index contributed by atoms with van der Waals surface area (Å²) in [7, 11) is -3.47. The number of benzene rings is 2. The minimum absolute atomic E-state index is 0.0440. The number of rotatable bonds is 6. The van der Waals surface area contributed by atoms with Crippen LogP contribution >= 0.6 is 0 Å². The molecule has 2 aromatic carbocycles. The highest BCUT2D eigenvalue weighted by Crippen LogP contribution is 2.21. The molecule has 1 heterocycles. The Labute approximate surface area is 166 Å². The van der Waals surface area contributed by atoms with Crippen molar-refractivity contribution in [2.45, 2.75) is 37.6 Å². The number of carbonyl (C=O) groups is 1.